The lowest BCUT2D eigenvalue weighted by molar-refractivity contribution is 0.0784. The van der Waals surface area contributed by atoms with Crippen LogP contribution < -0.4 is 5.73 Å². The molecule has 0 saturated heterocycles. The summed E-state index contributed by atoms with van der Waals surface area (Å²) in [4.78, 5) is 28.6. The molecule has 0 radical (unpaired) electrons. The Morgan fingerprint density at radius 1 is 1.14 bits per heavy atom. The van der Waals surface area contributed by atoms with Gasteiger partial charge in [0.05, 0.1) is 5.56 Å². The monoisotopic (exact) mass is 303 g/mol. The molecule has 1 aromatic heterocycles. The van der Waals surface area contributed by atoms with Gasteiger partial charge in [-0.15, -0.1) is 0 Å². The molecule has 0 aliphatic heterocycles. The number of primary amides is 1. The zero-order valence-electron chi connectivity index (χ0n) is 11.4. The number of nitrogens with two attached hydrogens (primary N) is 1. The van der Waals surface area contributed by atoms with Crippen molar-refractivity contribution < 1.29 is 9.59 Å². The van der Waals surface area contributed by atoms with E-state index in [1.807, 2.05) is 0 Å². The van der Waals surface area contributed by atoms with Gasteiger partial charge in [0.2, 0.25) is 5.91 Å². The van der Waals surface area contributed by atoms with Crippen LogP contribution in [-0.2, 0) is 6.54 Å². The number of pyridine rings is 1. The van der Waals surface area contributed by atoms with Gasteiger partial charge in [-0.05, 0) is 29.8 Å². The first-order chi connectivity index (χ1) is 9.97. The Kier molecular flexibility index (Phi) is 4.55. The second-order valence-electron chi connectivity index (χ2n) is 4.59. The lowest BCUT2D eigenvalue weighted by Gasteiger charge is -2.17. The van der Waals surface area contributed by atoms with E-state index < -0.39 is 5.91 Å². The molecular weight excluding hydrogens is 290 g/mol. The van der Waals surface area contributed by atoms with Gasteiger partial charge in [0.1, 0.15) is 5.15 Å². The normalized spacial score (nSPS) is 10.2. The number of carbonyl (C=O) groups is 2. The zero-order valence-corrected chi connectivity index (χ0v) is 12.2. The predicted molar refractivity (Wildman–Crippen MR) is 80.0 cm³/mol. The molecular formula is C15H14ClN3O2. The molecule has 1 aromatic carbocycles. The Morgan fingerprint density at radius 3 is 2.29 bits per heavy atom. The number of hydrogen-bond donors (Lipinski definition) is 1. The van der Waals surface area contributed by atoms with E-state index in [1.54, 1.807) is 48.3 Å². The van der Waals surface area contributed by atoms with Crippen molar-refractivity contribution in [1.82, 2.24) is 9.88 Å². The first-order valence-corrected chi connectivity index (χ1v) is 6.61. The van der Waals surface area contributed by atoms with Crippen LogP contribution in [0.15, 0.2) is 42.6 Å². The van der Waals surface area contributed by atoms with Crippen LogP contribution in [0.1, 0.15) is 26.3 Å². The molecule has 6 heteroatoms. The Bertz CT molecular complexity index is 654. The highest BCUT2D eigenvalue weighted by Crippen LogP contribution is 2.11. The molecule has 2 aromatic rings. The maximum atomic E-state index is 12.2. The minimum absolute atomic E-state index is 0.154. The minimum atomic E-state index is -0.474. The van der Waals surface area contributed by atoms with Gasteiger partial charge < -0.3 is 10.6 Å². The van der Waals surface area contributed by atoms with Crippen molar-refractivity contribution in [1.29, 1.82) is 0 Å². The Hall–Kier alpha value is -2.40. The van der Waals surface area contributed by atoms with Gasteiger partial charge in [-0.2, -0.15) is 0 Å². The summed E-state index contributed by atoms with van der Waals surface area (Å²) in [6, 6.07) is 10.0. The summed E-state index contributed by atoms with van der Waals surface area (Å²) in [5.74, 6) is -0.628. The fourth-order valence-corrected chi connectivity index (χ4v) is 1.95. The molecule has 0 spiro atoms. The summed E-state index contributed by atoms with van der Waals surface area (Å²) in [7, 11) is 1.69. The standard InChI is InChI=1S/C15H14ClN3O2/c1-19(15(21)12-6-7-13(16)18-8-12)9-10-2-4-11(5-3-10)14(17)20/h2-8H,9H2,1H3,(H2,17,20). The molecule has 0 unspecified atom stereocenters. The zero-order chi connectivity index (χ0) is 15.4. The molecule has 0 atom stereocenters. The van der Waals surface area contributed by atoms with E-state index in [0.717, 1.165) is 5.56 Å². The van der Waals surface area contributed by atoms with E-state index >= 15 is 0 Å². The quantitative estimate of drug-likeness (QED) is 0.879. The second-order valence-corrected chi connectivity index (χ2v) is 4.98. The highest BCUT2D eigenvalue weighted by atomic mass is 35.5. The van der Waals surface area contributed by atoms with Crippen LogP contribution in [0.2, 0.25) is 5.15 Å². The van der Waals surface area contributed by atoms with Crippen LogP contribution in [0.3, 0.4) is 0 Å². The average Bonchev–Trinajstić information content (AvgIpc) is 2.47. The maximum Gasteiger partial charge on any atom is 0.255 e. The SMILES string of the molecule is CN(Cc1ccc(C(N)=O)cc1)C(=O)c1ccc(Cl)nc1. The first kappa shape index (κ1) is 15.0. The summed E-state index contributed by atoms with van der Waals surface area (Å²) in [6.07, 6.45) is 1.44. The molecule has 21 heavy (non-hydrogen) atoms. The molecule has 0 aliphatic carbocycles. The highest BCUT2D eigenvalue weighted by Gasteiger charge is 2.12. The third kappa shape index (κ3) is 3.79. The van der Waals surface area contributed by atoms with E-state index in [9.17, 15) is 9.59 Å². The molecule has 0 saturated carbocycles. The highest BCUT2D eigenvalue weighted by molar-refractivity contribution is 6.29. The summed E-state index contributed by atoms with van der Waals surface area (Å²) in [6.45, 7) is 0.417. The Balaban J connectivity index is 2.06. The van der Waals surface area contributed by atoms with E-state index in [1.165, 1.54) is 6.20 Å². The molecule has 0 bridgehead atoms. The molecule has 0 fully saturated rings. The number of hydrogen-bond acceptors (Lipinski definition) is 3. The molecule has 2 rings (SSSR count). The van der Waals surface area contributed by atoms with Crippen molar-refractivity contribution in [3.05, 3.63) is 64.4 Å². The topological polar surface area (TPSA) is 76.3 Å². The van der Waals surface area contributed by atoms with Gasteiger partial charge >= 0.3 is 0 Å². The van der Waals surface area contributed by atoms with Crippen LogP contribution in [0, 0.1) is 0 Å². The van der Waals surface area contributed by atoms with E-state index in [0.29, 0.717) is 22.8 Å². The molecule has 5 nitrogen and oxygen atoms in total. The van der Waals surface area contributed by atoms with E-state index in [-0.39, 0.29) is 5.91 Å². The molecule has 108 valence electrons. The minimum Gasteiger partial charge on any atom is -0.366 e. The lowest BCUT2D eigenvalue weighted by atomic mass is 10.1. The summed E-state index contributed by atoms with van der Waals surface area (Å²) >= 11 is 5.69. The smallest absolute Gasteiger partial charge is 0.255 e. The lowest BCUT2D eigenvalue weighted by Crippen LogP contribution is -2.26. The third-order valence-electron chi connectivity index (χ3n) is 2.98. The van der Waals surface area contributed by atoms with Gasteiger partial charge in [0, 0.05) is 25.4 Å². The number of carbonyl (C=O) groups excluding carboxylic acids is 2. The first-order valence-electron chi connectivity index (χ1n) is 6.23. The van der Waals surface area contributed by atoms with Crippen LogP contribution in [0.4, 0.5) is 0 Å². The summed E-state index contributed by atoms with van der Waals surface area (Å²) in [5, 5.41) is 0.344. The van der Waals surface area contributed by atoms with Crippen LogP contribution in [0.5, 0.6) is 0 Å². The van der Waals surface area contributed by atoms with E-state index in [4.69, 9.17) is 17.3 Å². The van der Waals surface area contributed by atoms with Gasteiger partial charge in [0.15, 0.2) is 0 Å². The van der Waals surface area contributed by atoms with Gasteiger partial charge in [-0.3, -0.25) is 9.59 Å². The van der Waals surface area contributed by atoms with Crippen LogP contribution in [0.25, 0.3) is 0 Å². The Labute approximate surface area is 127 Å². The number of benzene rings is 1. The van der Waals surface area contributed by atoms with Crippen molar-refractivity contribution in [3.63, 3.8) is 0 Å². The van der Waals surface area contributed by atoms with E-state index in [2.05, 4.69) is 4.98 Å². The van der Waals surface area contributed by atoms with Crippen LogP contribution in [-0.4, -0.2) is 28.7 Å². The summed E-state index contributed by atoms with van der Waals surface area (Å²) in [5.41, 5.74) is 6.99. The van der Waals surface area contributed by atoms with Crippen LogP contribution >= 0.6 is 11.6 Å². The van der Waals surface area contributed by atoms with Crippen molar-refractivity contribution in [3.8, 4) is 0 Å². The number of amides is 2. The number of aromatic nitrogens is 1. The number of rotatable bonds is 4. The molecule has 2 amide bonds. The molecule has 1 heterocycles. The van der Waals surface area contributed by atoms with Gasteiger partial charge in [0.25, 0.3) is 5.91 Å². The summed E-state index contributed by atoms with van der Waals surface area (Å²) < 4.78 is 0. The van der Waals surface area contributed by atoms with Crippen molar-refractivity contribution in [2.45, 2.75) is 6.54 Å². The maximum absolute atomic E-state index is 12.2. The molecule has 2 N–H and O–H groups in total. The third-order valence-corrected chi connectivity index (χ3v) is 3.20. The fraction of sp³-hybridized carbons (Fsp3) is 0.133. The van der Waals surface area contributed by atoms with Gasteiger partial charge in [-0.1, -0.05) is 23.7 Å². The molecule has 0 aliphatic rings. The average molecular weight is 304 g/mol. The number of halogens is 1. The largest absolute Gasteiger partial charge is 0.366 e. The van der Waals surface area contributed by atoms with Crippen molar-refractivity contribution in [2.75, 3.05) is 7.05 Å². The predicted octanol–water partition coefficient (Wildman–Crippen LogP) is 2.11. The Morgan fingerprint density at radius 2 is 1.76 bits per heavy atom. The number of nitrogens with zero attached hydrogens (tertiary/aromatic N) is 2. The van der Waals surface area contributed by atoms with Gasteiger partial charge in [-0.25, -0.2) is 4.98 Å². The second kappa shape index (κ2) is 6.37. The van der Waals surface area contributed by atoms with Crippen molar-refractivity contribution >= 4 is 23.4 Å². The van der Waals surface area contributed by atoms with Crippen molar-refractivity contribution in [2.24, 2.45) is 5.73 Å². The fourth-order valence-electron chi connectivity index (χ4n) is 1.84.